The molecule has 2 heterocycles. The third-order valence-corrected chi connectivity index (χ3v) is 4.28. The van der Waals surface area contributed by atoms with E-state index in [2.05, 4.69) is 9.62 Å². The average molecular weight is 234 g/mol. The molecule has 0 aliphatic carbocycles. The van der Waals surface area contributed by atoms with Crippen LogP contribution in [0.2, 0.25) is 0 Å². The SMILES string of the molecule is O=S1(=O)CCN(CC2CCCO2)CCN1. The van der Waals surface area contributed by atoms with Crippen LogP contribution < -0.4 is 4.72 Å². The third kappa shape index (κ3) is 3.41. The van der Waals surface area contributed by atoms with E-state index in [1.54, 1.807) is 0 Å². The van der Waals surface area contributed by atoms with E-state index in [4.69, 9.17) is 4.74 Å². The second kappa shape index (κ2) is 4.78. The molecular formula is C9H18N2O3S. The van der Waals surface area contributed by atoms with Crippen LogP contribution in [0.1, 0.15) is 12.8 Å². The lowest BCUT2D eigenvalue weighted by Crippen LogP contribution is -2.35. The van der Waals surface area contributed by atoms with Gasteiger partial charge in [0.25, 0.3) is 0 Å². The highest BCUT2D eigenvalue weighted by atomic mass is 32.2. The molecule has 1 unspecified atom stereocenters. The van der Waals surface area contributed by atoms with Gasteiger partial charge in [0.05, 0.1) is 11.9 Å². The van der Waals surface area contributed by atoms with Crippen molar-refractivity contribution in [2.75, 3.05) is 38.5 Å². The molecule has 2 aliphatic rings. The maximum Gasteiger partial charge on any atom is 0.212 e. The van der Waals surface area contributed by atoms with E-state index in [9.17, 15) is 8.42 Å². The highest BCUT2D eigenvalue weighted by molar-refractivity contribution is 7.89. The van der Waals surface area contributed by atoms with Crippen LogP contribution in [-0.4, -0.2) is 58.0 Å². The Morgan fingerprint density at radius 2 is 2.27 bits per heavy atom. The van der Waals surface area contributed by atoms with Crippen LogP contribution in [-0.2, 0) is 14.8 Å². The highest BCUT2D eigenvalue weighted by Crippen LogP contribution is 2.13. The summed E-state index contributed by atoms with van der Waals surface area (Å²) in [6, 6.07) is 0. The fourth-order valence-electron chi connectivity index (χ4n) is 2.05. The number of sulfonamides is 1. The van der Waals surface area contributed by atoms with Crippen molar-refractivity contribution < 1.29 is 13.2 Å². The summed E-state index contributed by atoms with van der Waals surface area (Å²) in [7, 11) is -3.02. The van der Waals surface area contributed by atoms with E-state index < -0.39 is 10.0 Å². The van der Waals surface area contributed by atoms with Crippen LogP contribution in [0.4, 0.5) is 0 Å². The molecule has 15 heavy (non-hydrogen) atoms. The molecule has 2 rings (SSSR count). The number of rotatable bonds is 2. The van der Waals surface area contributed by atoms with Gasteiger partial charge in [0.2, 0.25) is 10.0 Å². The Morgan fingerprint density at radius 3 is 3.00 bits per heavy atom. The number of hydrogen-bond donors (Lipinski definition) is 1. The van der Waals surface area contributed by atoms with Gasteiger partial charge in [-0.3, -0.25) is 4.90 Å². The van der Waals surface area contributed by atoms with Crippen molar-refractivity contribution in [2.45, 2.75) is 18.9 Å². The van der Waals surface area contributed by atoms with Crippen molar-refractivity contribution in [3.8, 4) is 0 Å². The summed E-state index contributed by atoms with van der Waals surface area (Å²) in [5.74, 6) is 0.208. The van der Waals surface area contributed by atoms with Crippen LogP contribution in [0.3, 0.4) is 0 Å². The van der Waals surface area contributed by atoms with Crippen molar-refractivity contribution in [2.24, 2.45) is 0 Å². The molecule has 88 valence electrons. The number of hydrogen-bond acceptors (Lipinski definition) is 4. The van der Waals surface area contributed by atoms with Gasteiger partial charge in [0, 0.05) is 32.8 Å². The molecule has 0 bridgehead atoms. The van der Waals surface area contributed by atoms with Crippen LogP contribution in [0.25, 0.3) is 0 Å². The second-order valence-corrected chi connectivity index (χ2v) is 6.08. The molecule has 2 saturated heterocycles. The lowest BCUT2D eigenvalue weighted by molar-refractivity contribution is 0.0764. The molecule has 0 amide bonds. The van der Waals surface area contributed by atoms with Gasteiger partial charge in [-0.15, -0.1) is 0 Å². The molecular weight excluding hydrogens is 216 g/mol. The van der Waals surface area contributed by atoms with Crippen LogP contribution in [0.15, 0.2) is 0 Å². The van der Waals surface area contributed by atoms with Crippen molar-refractivity contribution in [3.63, 3.8) is 0 Å². The Morgan fingerprint density at radius 1 is 1.40 bits per heavy atom. The van der Waals surface area contributed by atoms with Crippen molar-refractivity contribution >= 4 is 10.0 Å². The third-order valence-electron chi connectivity index (χ3n) is 2.91. The predicted molar refractivity (Wildman–Crippen MR) is 57.2 cm³/mol. The van der Waals surface area contributed by atoms with Gasteiger partial charge in [0.1, 0.15) is 0 Å². The number of nitrogens with zero attached hydrogens (tertiary/aromatic N) is 1. The molecule has 6 heteroatoms. The zero-order chi connectivity index (χ0) is 10.7. The highest BCUT2D eigenvalue weighted by Gasteiger charge is 2.23. The zero-order valence-corrected chi connectivity index (χ0v) is 9.63. The molecule has 1 N–H and O–H groups in total. The quantitative estimate of drug-likeness (QED) is 0.693. The zero-order valence-electron chi connectivity index (χ0n) is 8.81. The van der Waals surface area contributed by atoms with E-state index in [-0.39, 0.29) is 5.75 Å². The fraction of sp³-hybridized carbons (Fsp3) is 1.00. The molecule has 5 nitrogen and oxygen atoms in total. The van der Waals surface area contributed by atoms with Gasteiger partial charge in [-0.25, -0.2) is 13.1 Å². The number of ether oxygens (including phenoxy) is 1. The van der Waals surface area contributed by atoms with Crippen molar-refractivity contribution in [1.29, 1.82) is 0 Å². The summed E-state index contributed by atoms with van der Waals surface area (Å²) < 4.78 is 30.7. The topological polar surface area (TPSA) is 58.6 Å². The van der Waals surface area contributed by atoms with Crippen molar-refractivity contribution in [3.05, 3.63) is 0 Å². The lowest BCUT2D eigenvalue weighted by Gasteiger charge is -2.22. The average Bonchev–Trinajstić information content (AvgIpc) is 2.60. The minimum Gasteiger partial charge on any atom is -0.377 e. The Hall–Kier alpha value is -0.170. The van der Waals surface area contributed by atoms with Gasteiger partial charge in [0.15, 0.2) is 0 Å². The molecule has 0 spiro atoms. The van der Waals surface area contributed by atoms with Gasteiger partial charge < -0.3 is 4.74 Å². The summed E-state index contributed by atoms with van der Waals surface area (Å²) in [5, 5.41) is 0. The van der Waals surface area contributed by atoms with Crippen LogP contribution >= 0.6 is 0 Å². The summed E-state index contributed by atoms with van der Waals surface area (Å²) in [6.45, 7) is 3.66. The molecule has 0 aromatic heterocycles. The maximum atomic E-state index is 11.3. The van der Waals surface area contributed by atoms with Gasteiger partial charge >= 0.3 is 0 Å². The van der Waals surface area contributed by atoms with Gasteiger partial charge in [-0.1, -0.05) is 0 Å². The van der Waals surface area contributed by atoms with E-state index in [1.165, 1.54) is 0 Å². The summed E-state index contributed by atoms with van der Waals surface area (Å²) in [6.07, 6.45) is 2.55. The Balaban J connectivity index is 1.83. The van der Waals surface area contributed by atoms with E-state index >= 15 is 0 Å². The monoisotopic (exact) mass is 234 g/mol. The smallest absolute Gasteiger partial charge is 0.212 e. The van der Waals surface area contributed by atoms with Crippen molar-refractivity contribution in [1.82, 2.24) is 9.62 Å². The maximum absolute atomic E-state index is 11.3. The van der Waals surface area contributed by atoms with E-state index in [0.29, 0.717) is 19.2 Å². The first kappa shape index (κ1) is 11.3. The Kier molecular flexibility index (Phi) is 3.60. The van der Waals surface area contributed by atoms with Crippen LogP contribution in [0.5, 0.6) is 0 Å². The lowest BCUT2D eigenvalue weighted by atomic mass is 10.2. The molecule has 2 fully saturated rings. The molecule has 1 atom stereocenters. The van der Waals surface area contributed by atoms with Gasteiger partial charge in [-0.05, 0) is 12.8 Å². The summed E-state index contributed by atoms with van der Waals surface area (Å²) >= 11 is 0. The number of nitrogens with one attached hydrogen (secondary N) is 1. The minimum atomic E-state index is -3.02. The first-order valence-electron chi connectivity index (χ1n) is 5.47. The fourth-order valence-corrected chi connectivity index (χ4v) is 3.10. The molecule has 2 aliphatic heterocycles. The predicted octanol–water partition coefficient (Wildman–Crippen LogP) is -0.600. The largest absolute Gasteiger partial charge is 0.377 e. The normalized spacial score (nSPS) is 32.7. The minimum absolute atomic E-state index is 0.208. The molecule has 0 radical (unpaired) electrons. The second-order valence-electron chi connectivity index (χ2n) is 4.15. The van der Waals surface area contributed by atoms with E-state index in [0.717, 1.165) is 32.5 Å². The summed E-state index contributed by atoms with van der Waals surface area (Å²) in [5.41, 5.74) is 0. The molecule has 0 aromatic rings. The first-order chi connectivity index (χ1) is 7.16. The standard InChI is InChI=1S/C9H18N2O3S/c12-15(13)7-5-11(4-3-10-15)8-9-2-1-6-14-9/h9-10H,1-8H2. The van der Waals surface area contributed by atoms with Gasteiger partial charge in [-0.2, -0.15) is 0 Å². The summed E-state index contributed by atoms with van der Waals surface area (Å²) in [4.78, 5) is 2.17. The molecule has 0 saturated carbocycles. The molecule has 0 aromatic carbocycles. The Labute approximate surface area is 90.8 Å². The Bertz CT molecular complexity index is 298. The van der Waals surface area contributed by atoms with E-state index in [1.807, 2.05) is 0 Å². The first-order valence-corrected chi connectivity index (χ1v) is 7.12. The van der Waals surface area contributed by atoms with Crippen LogP contribution in [0, 0.1) is 0 Å².